The second kappa shape index (κ2) is 4.24. The molecule has 0 spiro atoms. The zero-order valence-electron chi connectivity index (χ0n) is 11.9. The standard InChI is InChI=1S/C19H18O/c1-12-3-6-17-15(12)9-10-18-16-8-5-14(20-2)11-13(16)4-7-19(17)18/h4-5,7-12H,3,6H2,1-2H3. The molecule has 20 heavy (non-hydrogen) atoms. The predicted molar refractivity (Wildman–Crippen MR) is 84.7 cm³/mol. The molecule has 0 N–H and O–H groups in total. The quantitative estimate of drug-likeness (QED) is 0.557. The fourth-order valence-electron chi connectivity index (χ4n) is 3.59. The molecule has 3 aromatic rings. The molecule has 0 amide bonds. The van der Waals surface area contributed by atoms with Crippen LogP contribution < -0.4 is 4.74 Å². The maximum absolute atomic E-state index is 5.32. The molecule has 0 aliphatic heterocycles. The number of methoxy groups -OCH3 is 1. The van der Waals surface area contributed by atoms with Crippen LogP contribution in [0.1, 0.15) is 30.4 Å². The highest BCUT2D eigenvalue weighted by Gasteiger charge is 2.20. The number of hydrogen-bond acceptors (Lipinski definition) is 1. The highest BCUT2D eigenvalue weighted by molar-refractivity contribution is 6.09. The smallest absolute Gasteiger partial charge is 0.119 e. The van der Waals surface area contributed by atoms with Crippen LogP contribution >= 0.6 is 0 Å². The molecule has 1 nitrogen and oxygen atoms in total. The monoisotopic (exact) mass is 262 g/mol. The summed E-state index contributed by atoms with van der Waals surface area (Å²) in [5.74, 6) is 1.63. The van der Waals surface area contributed by atoms with Gasteiger partial charge in [0.1, 0.15) is 5.75 Å². The van der Waals surface area contributed by atoms with Crippen LogP contribution in [0.15, 0.2) is 42.5 Å². The Morgan fingerprint density at radius 2 is 1.75 bits per heavy atom. The molecule has 0 saturated carbocycles. The SMILES string of the molecule is COc1ccc2c(ccc3c4c(ccc32)C(C)CC4)c1. The van der Waals surface area contributed by atoms with Crippen molar-refractivity contribution in [3.05, 3.63) is 53.6 Å². The van der Waals surface area contributed by atoms with Crippen LogP contribution in [0.4, 0.5) is 0 Å². The molecule has 1 atom stereocenters. The highest BCUT2D eigenvalue weighted by atomic mass is 16.5. The lowest BCUT2D eigenvalue weighted by Crippen LogP contribution is -1.89. The second-order valence-corrected chi connectivity index (χ2v) is 5.82. The van der Waals surface area contributed by atoms with Gasteiger partial charge in [0.25, 0.3) is 0 Å². The molecule has 3 aromatic carbocycles. The zero-order valence-corrected chi connectivity index (χ0v) is 11.9. The molecular weight excluding hydrogens is 244 g/mol. The molecule has 1 unspecified atom stereocenters. The van der Waals surface area contributed by atoms with E-state index in [0.717, 1.165) is 5.75 Å². The van der Waals surface area contributed by atoms with Gasteiger partial charge in [0.2, 0.25) is 0 Å². The Kier molecular flexibility index (Phi) is 2.50. The summed E-state index contributed by atoms with van der Waals surface area (Å²) in [5, 5.41) is 5.39. The maximum Gasteiger partial charge on any atom is 0.119 e. The Bertz CT molecular complexity index is 817. The first-order valence-electron chi connectivity index (χ1n) is 7.30. The second-order valence-electron chi connectivity index (χ2n) is 5.82. The van der Waals surface area contributed by atoms with Gasteiger partial charge in [-0.15, -0.1) is 0 Å². The van der Waals surface area contributed by atoms with E-state index in [-0.39, 0.29) is 0 Å². The van der Waals surface area contributed by atoms with Crippen molar-refractivity contribution in [2.45, 2.75) is 25.7 Å². The fraction of sp³-hybridized carbons (Fsp3) is 0.263. The van der Waals surface area contributed by atoms with Crippen molar-refractivity contribution in [3.8, 4) is 5.75 Å². The largest absolute Gasteiger partial charge is 0.497 e. The van der Waals surface area contributed by atoms with Gasteiger partial charge in [-0.2, -0.15) is 0 Å². The number of benzene rings is 3. The zero-order chi connectivity index (χ0) is 13.7. The number of ether oxygens (including phenoxy) is 1. The van der Waals surface area contributed by atoms with Crippen molar-refractivity contribution < 1.29 is 4.74 Å². The Morgan fingerprint density at radius 3 is 2.60 bits per heavy atom. The first kappa shape index (κ1) is 11.8. The van der Waals surface area contributed by atoms with Crippen LogP contribution in [0.2, 0.25) is 0 Å². The van der Waals surface area contributed by atoms with Crippen LogP contribution in [0.25, 0.3) is 21.5 Å². The van der Waals surface area contributed by atoms with Crippen molar-refractivity contribution in [1.82, 2.24) is 0 Å². The van der Waals surface area contributed by atoms with Crippen LogP contribution in [0, 0.1) is 0 Å². The van der Waals surface area contributed by atoms with Crippen molar-refractivity contribution in [2.24, 2.45) is 0 Å². The van der Waals surface area contributed by atoms with E-state index >= 15 is 0 Å². The van der Waals surface area contributed by atoms with Gasteiger partial charge < -0.3 is 4.74 Å². The van der Waals surface area contributed by atoms with Crippen LogP contribution in [-0.4, -0.2) is 7.11 Å². The minimum atomic E-state index is 0.709. The molecule has 1 aliphatic rings. The molecular formula is C19H18O. The molecule has 1 aliphatic carbocycles. The van der Waals surface area contributed by atoms with Gasteiger partial charge in [0.15, 0.2) is 0 Å². The molecule has 0 saturated heterocycles. The lowest BCUT2D eigenvalue weighted by molar-refractivity contribution is 0.415. The number of rotatable bonds is 1. The first-order valence-corrected chi connectivity index (χ1v) is 7.30. The Balaban J connectivity index is 2.07. The van der Waals surface area contributed by atoms with Gasteiger partial charge in [0.05, 0.1) is 7.11 Å². The Morgan fingerprint density at radius 1 is 0.950 bits per heavy atom. The first-order chi connectivity index (χ1) is 9.78. The van der Waals surface area contributed by atoms with E-state index < -0.39 is 0 Å². The Labute approximate surface area is 119 Å². The van der Waals surface area contributed by atoms with Crippen LogP contribution in [0.3, 0.4) is 0 Å². The average Bonchev–Trinajstić information content (AvgIpc) is 2.88. The van der Waals surface area contributed by atoms with Crippen molar-refractivity contribution in [3.63, 3.8) is 0 Å². The van der Waals surface area contributed by atoms with E-state index in [2.05, 4.69) is 49.4 Å². The number of aryl methyl sites for hydroxylation is 1. The van der Waals surface area contributed by atoms with Gasteiger partial charge in [-0.25, -0.2) is 0 Å². The van der Waals surface area contributed by atoms with Crippen molar-refractivity contribution in [2.75, 3.05) is 7.11 Å². The number of fused-ring (bicyclic) bond motifs is 5. The van der Waals surface area contributed by atoms with Gasteiger partial charge in [-0.05, 0) is 63.6 Å². The topological polar surface area (TPSA) is 9.23 Å². The lowest BCUT2D eigenvalue weighted by Gasteiger charge is -2.11. The molecule has 100 valence electrons. The third-order valence-electron chi connectivity index (χ3n) is 4.73. The van der Waals surface area contributed by atoms with E-state index in [0.29, 0.717) is 5.92 Å². The van der Waals surface area contributed by atoms with E-state index in [9.17, 15) is 0 Å². The maximum atomic E-state index is 5.32. The summed E-state index contributed by atoms with van der Waals surface area (Å²) in [7, 11) is 1.72. The molecule has 0 radical (unpaired) electrons. The minimum Gasteiger partial charge on any atom is -0.497 e. The van der Waals surface area contributed by atoms with E-state index in [1.165, 1.54) is 34.4 Å². The summed E-state index contributed by atoms with van der Waals surface area (Å²) < 4.78 is 5.32. The molecule has 0 bridgehead atoms. The molecule has 4 rings (SSSR count). The third kappa shape index (κ3) is 1.56. The van der Waals surface area contributed by atoms with Gasteiger partial charge in [0, 0.05) is 0 Å². The molecule has 0 heterocycles. The molecule has 0 aromatic heterocycles. The minimum absolute atomic E-state index is 0.709. The van der Waals surface area contributed by atoms with Crippen molar-refractivity contribution >= 4 is 21.5 Å². The summed E-state index contributed by atoms with van der Waals surface area (Å²) in [6.45, 7) is 2.34. The molecule has 0 fully saturated rings. The Hall–Kier alpha value is -2.02. The van der Waals surface area contributed by atoms with Crippen LogP contribution in [-0.2, 0) is 6.42 Å². The van der Waals surface area contributed by atoms with Crippen LogP contribution in [0.5, 0.6) is 5.75 Å². The van der Waals surface area contributed by atoms with E-state index in [1.807, 2.05) is 0 Å². The van der Waals surface area contributed by atoms with Gasteiger partial charge in [-0.3, -0.25) is 0 Å². The average molecular weight is 262 g/mol. The van der Waals surface area contributed by atoms with E-state index in [4.69, 9.17) is 4.74 Å². The van der Waals surface area contributed by atoms with Gasteiger partial charge >= 0.3 is 0 Å². The third-order valence-corrected chi connectivity index (χ3v) is 4.73. The van der Waals surface area contributed by atoms with Gasteiger partial charge in [-0.1, -0.05) is 37.3 Å². The van der Waals surface area contributed by atoms with E-state index in [1.54, 1.807) is 18.2 Å². The lowest BCUT2D eigenvalue weighted by atomic mass is 9.94. The summed E-state index contributed by atoms with van der Waals surface area (Å²) in [4.78, 5) is 0. The summed E-state index contributed by atoms with van der Waals surface area (Å²) in [6.07, 6.45) is 2.50. The predicted octanol–water partition coefficient (Wildman–Crippen LogP) is 5.05. The normalized spacial score (nSPS) is 17.6. The summed E-state index contributed by atoms with van der Waals surface area (Å²) >= 11 is 0. The summed E-state index contributed by atoms with van der Waals surface area (Å²) in [6, 6.07) is 15.5. The van der Waals surface area contributed by atoms with Crippen molar-refractivity contribution in [1.29, 1.82) is 0 Å². The summed E-state index contributed by atoms with van der Waals surface area (Å²) in [5.41, 5.74) is 3.11. The molecule has 1 heteroatoms. The fourth-order valence-corrected chi connectivity index (χ4v) is 3.59. The highest BCUT2D eigenvalue weighted by Crippen LogP contribution is 2.39. The number of hydrogen-bond donors (Lipinski definition) is 0.